The van der Waals surface area contributed by atoms with Crippen molar-refractivity contribution < 1.29 is 24.0 Å². The molecule has 0 saturated heterocycles. The molecule has 25 heavy (non-hydrogen) atoms. The number of halogens is 1. The van der Waals surface area contributed by atoms with E-state index in [1.807, 2.05) is 0 Å². The predicted octanol–water partition coefficient (Wildman–Crippen LogP) is 4.26. The number of phenolic OH excluding ortho intramolecular Hbond substituents is 1. The first kappa shape index (κ1) is 18.4. The van der Waals surface area contributed by atoms with E-state index >= 15 is 0 Å². The number of nitrogens with zero attached hydrogens (tertiary/aromatic N) is 1. The number of unbranched alkanes of at least 4 members (excludes halogenated alkanes) is 2. The zero-order chi connectivity index (χ0) is 18.2. The molecule has 0 aliphatic carbocycles. The van der Waals surface area contributed by atoms with Crippen LogP contribution in [0.1, 0.15) is 36.0 Å². The maximum Gasteiger partial charge on any atom is 0.310 e. The highest BCUT2D eigenvalue weighted by molar-refractivity contribution is 5.96. The second kappa shape index (κ2) is 8.77. The minimum absolute atomic E-state index is 0.176. The fraction of sp³-hybridized carbons (Fsp3) is 0.278. The number of ether oxygens (including phenoxy) is 1. The van der Waals surface area contributed by atoms with Crippen LogP contribution in [0.5, 0.6) is 11.5 Å². The molecule has 0 radical (unpaired) electrons. The Bertz CT molecular complexity index is 746. The number of nitro benzene ring substituents is 1. The molecule has 0 spiro atoms. The van der Waals surface area contributed by atoms with Crippen LogP contribution < -0.4 is 4.74 Å². The molecule has 7 heteroatoms. The average Bonchev–Trinajstić information content (AvgIpc) is 2.58. The van der Waals surface area contributed by atoms with Gasteiger partial charge in [-0.2, -0.15) is 0 Å². The van der Waals surface area contributed by atoms with Crippen molar-refractivity contribution >= 4 is 11.5 Å². The fourth-order valence-electron chi connectivity index (χ4n) is 2.28. The van der Waals surface area contributed by atoms with Crippen LogP contribution >= 0.6 is 0 Å². The molecule has 0 atom stereocenters. The molecule has 0 saturated carbocycles. The average molecular weight is 347 g/mol. The maximum absolute atomic E-state index is 12.7. The molecule has 0 fully saturated rings. The normalized spacial score (nSPS) is 10.4. The van der Waals surface area contributed by atoms with Gasteiger partial charge in [-0.05, 0) is 55.7 Å². The Morgan fingerprint density at radius 3 is 2.48 bits per heavy atom. The van der Waals surface area contributed by atoms with E-state index in [0.717, 1.165) is 25.0 Å². The number of hydrogen-bond donors (Lipinski definition) is 1. The summed E-state index contributed by atoms with van der Waals surface area (Å²) in [7, 11) is 0. The van der Waals surface area contributed by atoms with Crippen molar-refractivity contribution in [3.63, 3.8) is 0 Å². The van der Waals surface area contributed by atoms with Crippen LogP contribution in [0.4, 0.5) is 10.1 Å². The Balaban J connectivity index is 1.69. The van der Waals surface area contributed by atoms with Crippen molar-refractivity contribution in [2.75, 3.05) is 6.61 Å². The lowest BCUT2D eigenvalue weighted by Crippen LogP contribution is -2.01. The van der Waals surface area contributed by atoms with Gasteiger partial charge in [0, 0.05) is 18.1 Å². The Morgan fingerprint density at radius 2 is 1.84 bits per heavy atom. The van der Waals surface area contributed by atoms with Crippen LogP contribution in [-0.4, -0.2) is 22.4 Å². The first-order valence-electron chi connectivity index (χ1n) is 7.86. The summed E-state index contributed by atoms with van der Waals surface area (Å²) in [5.41, 5.74) is -0.167. The molecule has 2 aromatic rings. The van der Waals surface area contributed by atoms with E-state index in [-0.39, 0.29) is 23.6 Å². The number of ketones is 1. The number of phenols is 1. The van der Waals surface area contributed by atoms with Crippen molar-refractivity contribution in [1.29, 1.82) is 0 Å². The van der Waals surface area contributed by atoms with Gasteiger partial charge in [0.1, 0.15) is 11.6 Å². The summed E-state index contributed by atoms with van der Waals surface area (Å²) in [5.74, 6) is -0.407. The quantitative estimate of drug-likeness (QED) is 0.317. The van der Waals surface area contributed by atoms with Crippen LogP contribution in [-0.2, 0) is 0 Å². The lowest BCUT2D eigenvalue weighted by atomic mass is 10.0. The number of hydrogen-bond acceptors (Lipinski definition) is 5. The lowest BCUT2D eigenvalue weighted by molar-refractivity contribution is -0.385. The highest BCUT2D eigenvalue weighted by Crippen LogP contribution is 2.27. The lowest BCUT2D eigenvalue weighted by Gasteiger charge is -2.06. The summed E-state index contributed by atoms with van der Waals surface area (Å²) in [4.78, 5) is 21.9. The first-order chi connectivity index (χ1) is 12.0. The third-order valence-corrected chi connectivity index (χ3v) is 3.62. The minimum atomic E-state index is -0.704. The Morgan fingerprint density at radius 1 is 1.12 bits per heavy atom. The zero-order valence-corrected chi connectivity index (χ0v) is 13.5. The van der Waals surface area contributed by atoms with E-state index in [9.17, 15) is 24.4 Å². The summed E-state index contributed by atoms with van der Waals surface area (Å²) in [6, 6.07) is 9.36. The molecule has 0 aromatic heterocycles. The number of nitro groups is 1. The second-order valence-corrected chi connectivity index (χ2v) is 5.50. The molecule has 0 amide bonds. The van der Waals surface area contributed by atoms with Gasteiger partial charge < -0.3 is 9.84 Å². The fourth-order valence-corrected chi connectivity index (χ4v) is 2.28. The molecule has 0 aliphatic rings. The Kier molecular flexibility index (Phi) is 6.45. The summed E-state index contributed by atoms with van der Waals surface area (Å²) >= 11 is 0. The molecule has 132 valence electrons. The molecular formula is C18H18FNO5. The number of carbonyl (C=O) groups excluding carboxylic acids is 1. The highest BCUT2D eigenvalue weighted by atomic mass is 19.1. The zero-order valence-electron chi connectivity index (χ0n) is 13.5. The SMILES string of the molecule is O=C(CCCCCOc1ccc(F)cc1)c1ccc([N+](=O)[O-])c(O)c1. The van der Waals surface area contributed by atoms with Gasteiger partial charge in [-0.3, -0.25) is 14.9 Å². The molecule has 0 bridgehead atoms. The monoisotopic (exact) mass is 347 g/mol. The number of rotatable bonds is 9. The molecule has 6 nitrogen and oxygen atoms in total. The van der Waals surface area contributed by atoms with Gasteiger partial charge in [-0.15, -0.1) is 0 Å². The van der Waals surface area contributed by atoms with Crippen LogP contribution in [0.25, 0.3) is 0 Å². The third-order valence-electron chi connectivity index (χ3n) is 3.62. The van der Waals surface area contributed by atoms with Crippen LogP contribution in [0, 0.1) is 15.9 Å². The standard InChI is InChI=1S/C18H18FNO5/c19-14-6-8-15(9-7-14)25-11-3-1-2-4-17(21)13-5-10-16(20(23)24)18(22)12-13/h5-10,12,22H,1-4,11H2. The van der Waals surface area contributed by atoms with Crippen LogP contribution in [0.15, 0.2) is 42.5 Å². The Labute approximate surface area is 144 Å². The van der Waals surface area contributed by atoms with Gasteiger partial charge >= 0.3 is 5.69 Å². The topological polar surface area (TPSA) is 89.7 Å². The molecule has 0 aliphatic heterocycles. The van der Waals surface area contributed by atoms with Crippen molar-refractivity contribution in [3.8, 4) is 11.5 Å². The van der Waals surface area contributed by atoms with Gasteiger partial charge in [0.25, 0.3) is 0 Å². The molecule has 0 heterocycles. The van der Waals surface area contributed by atoms with E-state index in [2.05, 4.69) is 0 Å². The molecule has 2 aromatic carbocycles. The van der Waals surface area contributed by atoms with Gasteiger partial charge in [0.15, 0.2) is 11.5 Å². The molecule has 0 unspecified atom stereocenters. The highest BCUT2D eigenvalue weighted by Gasteiger charge is 2.15. The maximum atomic E-state index is 12.7. The van der Waals surface area contributed by atoms with Gasteiger partial charge in [-0.25, -0.2) is 4.39 Å². The number of Topliss-reactive ketones (excluding diaryl/α,β-unsaturated/α-hetero) is 1. The van der Waals surface area contributed by atoms with E-state index in [4.69, 9.17) is 4.74 Å². The minimum Gasteiger partial charge on any atom is -0.502 e. The Hall–Kier alpha value is -2.96. The number of benzene rings is 2. The van der Waals surface area contributed by atoms with E-state index in [1.165, 1.54) is 18.2 Å². The van der Waals surface area contributed by atoms with Gasteiger partial charge in [-0.1, -0.05) is 0 Å². The van der Waals surface area contributed by atoms with Crippen molar-refractivity contribution in [2.24, 2.45) is 0 Å². The smallest absolute Gasteiger partial charge is 0.310 e. The predicted molar refractivity (Wildman–Crippen MR) is 89.5 cm³/mol. The summed E-state index contributed by atoms with van der Waals surface area (Å²) in [6.07, 6.45) is 2.44. The third kappa shape index (κ3) is 5.56. The van der Waals surface area contributed by atoms with E-state index in [1.54, 1.807) is 12.1 Å². The molecule has 1 N–H and O–H groups in total. The largest absolute Gasteiger partial charge is 0.502 e. The summed E-state index contributed by atoms with van der Waals surface area (Å²) in [5, 5.41) is 20.2. The van der Waals surface area contributed by atoms with Gasteiger partial charge in [0.05, 0.1) is 11.5 Å². The van der Waals surface area contributed by atoms with Crippen molar-refractivity contribution in [3.05, 3.63) is 64.0 Å². The number of carbonyl (C=O) groups is 1. The van der Waals surface area contributed by atoms with Crippen LogP contribution in [0.2, 0.25) is 0 Å². The first-order valence-corrected chi connectivity index (χ1v) is 7.86. The van der Waals surface area contributed by atoms with Crippen LogP contribution in [0.3, 0.4) is 0 Å². The van der Waals surface area contributed by atoms with Crippen molar-refractivity contribution in [1.82, 2.24) is 0 Å². The van der Waals surface area contributed by atoms with Crippen molar-refractivity contribution in [2.45, 2.75) is 25.7 Å². The van der Waals surface area contributed by atoms with E-state index in [0.29, 0.717) is 18.8 Å². The summed E-state index contributed by atoms with van der Waals surface area (Å²) in [6.45, 7) is 0.470. The summed E-state index contributed by atoms with van der Waals surface area (Å²) < 4.78 is 18.2. The number of aromatic hydroxyl groups is 1. The molecule has 2 rings (SSSR count). The van der Waals surface area contributed by atoms with E-state index < -0.39 is 16.4 Å². The second-order valence-electron chi connectivity index (χ2n) is 5.50. The molecular weight excluding hydrogens is 329 g/mol. The van der Waals surface area contributed by atoms with Gasteiger partial charge in [0.2, 0.25) is 0 Å².